The van der Waals surface area contributed by atoms with Crippen molar-refractivity contribution in [3.63, 3.8) is 0 Å². The van der Waals surface area contributed by atoms with E-state index in [1.54, 1.807) is 5.54 Å². The van der Waals surface area contributed by atoms with Gasteiger partial charge in [-0.3, -0.25) is 0 Å². The van der Waals surface area contributed by atoms with Gasteiger partial charge in [0, 0.05) is 5.66 Å². The van der Waals surface area contributed by atoms with Crippen molar-refractivity contribution >= 4 is 26.6 Å². The van der Waals surface area contributed by atoms with Crippen LogP contribution in [0.4, 0.5) is 0 Å². The van der Waals surface area contributed by atoms with Gasteiger partial charge in [-0.1, -0.05) is 80.3 Å². The van der Waals surface area contributed by atoms with Gasteiger partial charge >= 0.3 is 17.1 Å². The number of rotatable bonds is 4. The van der Waals surface area contributed by atoms with Gasteiger partial charge < -0.3 is 0 Å². The quantitative estimate of drug-likeness (QED) is 0.418. The summed E-state index contributed by atoms with van der Waals surface area (Å²) in [5.74, 6) is 0. The van der Waals surface area contributed by atoms with Gasteiger partial charge in [0.1, 0.15) is 0 Å². The largest absolute Gasteiger partial charge is 2.00 e. The Kier molecular flexibility index (Phi) is 9.98. The van der Waals surface area contributed by atoms with E-state index in [0.717, 1.165) is 0 Å². The molecule has 0 bridgehead atoms. The van der Waals surface area contributed by atoms with Crippen molar-refractivity contribution in [2.45, 2.75) is 19.6 Å². The molecule has 0 nitrogen and oxygen atoms in total. The van der Waals surface area contributed by atoms with Gasteiger partial charge in [-0.05, 0) is 75.4 Å². The Balaban J connectivity index is 0.000000239. The molecule has 2 saturated carbocycles. The fourth-order valence-corrected chi connectivity index (χ4v) is 6.49. The molecule has 2 aliphatic rings. The van der Waals surface area contributed by atoms with E-state index in [-0.39, 0.29) is 17.1 Å². The zero-order chi connectivity index (χ0) is 19.1. The fraction of sp³-hybridized carbons (Fsp3) is 0.120. The van der Waals surface area contributed by atoms with Crippen molar-refractivity contribution in [2.24, 2.45) is 0 Å². The van der Waals surface area contributed by atoms with Gasteiger partial charge in [0.15, 0.2) is 0 Å². The minimum atomic E-state index is -0.981. The van der Waals surface area contributed by atoms with Gasteiger partial charge in [-0.2, -0.15) is 0 Å². The first-order valence-electron chi connectivity index (χ1n) is 9.40. The van der Waals surface area contributed by atoms with E-state index in [0.29, 0.717) is 0 Å². The number of hydrogen-bond acceptors (Lipinski definition) is 0. The van der Waals surface area contributed by atoms with Crippen LogP contribution in [0.5, 0.6) is 0 Å². The minimum Gasteiger partial charge on any atom is -0.0691 e. The van der Waals surface area contributed by atoms with Crippen molar-refractivity contribution in [1.82, 2.24) is 0 Å². The molecular weight excluding hydrogens is 415 g/mol. The molecule has 2 aromatic rings. The molecule has 2 aromatic carbocycles. The first-order valence-corrected chi connectivity index (χ1v) is 14.2. The summed E-state index contributed by atoms with van der Waals surface area (Å²) in [6, 6.07) is 21.6. The van der Waals surface area contributed by atoms with E-state index in [2.05, 4.69) is 132 Å². The third-order valence-electron chi connectivity index (χ3n) is 4.46. The summed E-state index contributed by atoms with van der Waals surface area (Å²) in [7, 11) is -1.39. The maximum absolute atomic E-state index is 2.36. The molecule has 0 saturated heterocycles. The van der Waals surface area contributed by atoms with Crippen LogP contribution in [-0.4, -0.2) is 8.07 Å². The maximum atomic E-state index is 2.36. The van der Waals surface area contributed by atoms with E-state index >= 15 is 0 Å². The van der Waals surface area contributed by atoms with Crippen LogP contribution in [0, 0.1) is 62.6 Å². The van der Waals surface area contributed by atoms with E-state index in [1.165, 1.54) is 16.3 Å². The molecule has 0 heterocycles. The van der Waals surface area contributed by atoms with Crippen molar-refractivity contribution < 1.29 is 17.1 Å². The van der Waals surface area contributed by atoms with Crippen molar-refractivity contribution in [1.29, 1.82) is 0 Å². The van der Waals surface area contributed by atoms with E-state index in [9.17, 15) is 0 Å². The Morgan fingerprint density at radius 1 is 0.571 bits per heavy atom. The smallest absolute Gasteiger partial charge is 0.0691 e. The predicted octanol–water partition coefficient (Wildman–Crippen LogP) is 5.75. The van der Waals surface area contributed by atoms with Crippen LogP contribution in [0.3, 0.4) is 0 Å². The molecule has 28 heavy (non-hydrogen) atoms. The molecular formula is C25H27FePSi+2. The van der Waals surface area contributed by atoms with Gasteiger partial charge in [-0.25, -0.2) is 0 Å². The minimum absolute atomic E-state index is 0. The first kappa shape index (κ1) is 23.9. The average molecular weight is 442 g/mol. The Labute approximate surface area is 186 Å². The number of hydrogen-bond donors (Lipinski definition) is 0. The van der Waals surface area contributed by atoms with Crippen LogP contribution in [-0.2, 0) is 17.1 Å². The zero-order valence-corrected chi connectivity index (χ0v) is 19.7. The summed E-state index contributed by atoms with van der Waals surface area (Å²) in [6.07, 6.45) is 17.4. The van der Waals surface area contributed by atoms with E-state index < -0.39 is 16.0 Å². The normalized spacial score (nSPS) is 17.9. The van der Waals surface area contributed by atoms with Crippen LogP contribution in [0.15, 0.2) is 60.7 Å². The zero-order valence-electron chi connectivity index (χ0n) is 16.7. The second-order valence-electron chi connectivity index (χ2n) is 7.57. The molecule has 0 aromatic heterocycles. The third kappa shape index (κ3) is 6.84. The van der Waals surface area contributed by atoms with Crippen LogP contribution in [0.1, 0.15) is 0 Å². The average Bonchev–Trinajstić information content (AvgIpc) is 3.38. The summed E-state index contributed by atoms with van der Waals surface area (Å²) in [5, 5.41) is 2.81. The molecule has 142 valence electrons. The molecule has 0 atom stereocenters. The molecule has 4 rings (SSSR count). The van der Waals surface area contributed by atoms with Crippen LogP contribution >= 0.6 is 7.92 Å². The Morgan fingerprint density at radius 2 is 0.964 bits per heavy atom. The molecule has 2 fully saturated rings. The van der Waals surface area contributed by atoms with Crippen molar-refractivity contribution in [3.05, 3.63) is 123 Å². The van der Waals surface area contributed by atoms with Crippen LogP contribution < -0.4 is 10.6 Å². The van der Waals surface area contributed by atoms with Crippen LogP contribution in [0.25, 0.3) is 0 Å². The van der Waals surface area contributed by atoms with Crippen molar-refractivity contribution in [3.8, 4) is 0 Å². The Hall–Kier alpha value is -0.394. The Morgan fingerprint density at radius 3 is 1.32 bits per heavy atom. The summed E-state index contributed by atoms with van der Waals surface area (Å²) in [6.45, 7) is 7.09. The molecule has 0 amide bonds. The third-order valence-corrected chi connectivity index (χ3v) is 8.97. The summed E-state index contributed by atoms with van der Waals surface area (Å²) in [5.41, 5.74) is 2.98. The molecule has 0 aliphatic heterocycles. The topological polar surface area (TPSA) is 0 Å². The molecule has 10 radical (unpaired) electrons. The van der Waals surface area contributed by atoms with Crippen molar-refractivity contribution in [2.75, 3.05) is 0 Å². The SMILES string of the molecule is C[Si](C)(C)[C]1[CH][CH][CH][CH]1.[CH]1[CH][CH][C](P(c2ccccc2)c2ccccc2)[CH]1.[Fe+2]. The second kappa shape index (κ2) is 11.7. The summed E-state index contributed by atoms with van der Waals surface area (Å²) in [4.78, 5) is 0. The molecule has 3 heteroatoms. The molecule has 0 N–H and O–H groups in total. The first-order chi connectivity index (χ1) is 13.1. The monoisotopic (exact) mass is 442 g/mol. The number of benzene rings is 2. The molecule has 0 unspecified atom stereocenters. The predicted molar refractivity (Wildman–Crippen MR) is 123 cm³/mol. The fourth-order valence-electron chi connectivity index (χ4n) is 2.99. The summed E-state index contributed by atoms with van der Waals surface area (Å²) >= 11 is 0. The summed E-state index contributed by atoms with van der Waals surface area (Å²) < 4.78 is 0. The van der Waals surface area contributed by atoms with E-state index in [4.69, 9.17) is 0 Å². The maximum Gasteiger partial charge on any atom is 2.00 e. The van der Waals surface area contributed by atoms with Gasteiger partial charge in [0.05, 0.1) is 8.07 Å². The van der Waals surface area contributed by atoms with Crippen LogP contribution in [0.2, 0.25) is 19.6 Å². The van der Waals surface area contributed by atoms with Gasteiger partial charge in [0.25, 0.3) is 0 Å². The molecule has 0 spiro atoms. The second-order valence-corrected chi connectivity index (χ2v) is 14.9. The Bertz CT molecular complexity index is 616. The van der Waals surface area contributed by atoms with E-state index in [1.807, 2.05) is 0 Å². The van der Waals surface area contributed by atoms with Gasteiger partial charge in [-0.15, -0.1) is 0 Å². The van der Waals surface area contributed by atoms with Gasteiger partial charge in [0.2, 0.25) is 0 Å². The standard InChI is InChI=1S/C17H14P.C8H13Si.Fe/c1-3-9-15(10-4-1)18(17-13-7-8-14-17)16-11-5-2-6-12-16;1-9(2,3)8-6-4-5-7-8;/h1-14H;4-7H,1-3H3;/q;;+2. The molecule has 2 aliphatic carbocycles.